The van der Waals surface area contributed by atoms with Crippen molar-refractivity contribution in [3.63, 3.8) is 0 Å². The van der Waals surface area contributed by atoms with Crippen LogP contribution in [-0.2, 0) is 10.0 Å². The Morgan fingerprint density at radius 1 is 1.47 bits per heavy atom. The Balaban J connectivity index is 0.00000180. The number of hydrogen-bond donors (Lipinski definition) is 1. The van der Waals surface area contributed by atoms with Crippen molar-refractivity contribution in [1.82, 2.24) is 4.31 Å². The van der Waals surface area contributed by atoms with Gasteiger partial charge in [0, 0.05) is 18.0 Å². The van der Waals surface area contributed by atoms with E-state index < -0.39 is 10.0 Å². The van der Waals surface area contributed by atoms with Gasteiger partial charge in [0.25, 0.3) is 10.0 Å². The molecule has 1 aromatic heterocycles. The van der Waals surface area contributed by atoms with Gasteiger partial charge in [-0.2, -0.15) is 4.31 Å². The van der Waals surface area contributed by atoms with E-state index in [2.05, 4.69) is 0 Å². The summed E-state index contributed by atoms with van der Waals surface area (Å²) >= 11 is 1.35. The molecule has 1 fully saturated rings. The number of sulfonamides is 1. The minimum absolute atomic E-state index is 0. The van der Waals surface area contributed by atoms with E-state index in [-0.39, 0.29) is 12.4 Å². The Kier molecular flexibility index (Phi) is 6.26. The second-order valence-electron chi connectivity index (χ2n) is 4.81. The van der Waals surface area contributed by atoms with Crippen molar-refractivity contribution in [2.75, 3.05) is 19.6 Å². The third kappa shape index (κ3) is 3.92. The summed E-state index contributed by atoms with van der Waals surface area (Å²) in [5, 5.41) is 0. The molecule has 0 spiro atoms. The van der Waals surface area contributed by atoms with Crippen molar-refractivity contribution in [3.8, 4) is 0 Å². The number of nitrogens with two attached hydrogens (primary N) is 1. The highest BCUT2D eigenvalue weighted by molar-refractivity contribution is 7.91. The van der Waals surface area contributed by atoms with E-state index in [1.165, 1.54) is 11.3 Å². The molecule has 0 aromatic carbocycles. The van der Waals surface area contributed by atoms with Crippen LogP contribution in [0.3, 0.4) is 0 Å². The number of aryl methyl sites for hydroxylation is 1. The van der Waals surface area contributed by atoms with E-state index in [4.69, 9.17) is 5.73 Å². The van der Waals surface area contributed by atoms with Crippen LogP contribution in [0, 0.1) is 12.8 Å². The summed E-state index contributed by atoms with van der Waals surface area (Å²) in [7, 11) is -3.28. The maximum Gasteiger partial charge on any atom is 0.252 e. The Bertz CT molecular complexity index is 500. The monoisotopic (exact) mass is 324 g/mol. The van der Waals surface area contributed by atoms with E-state index >= 15 is 0 Å². The largest absolute Gasteiger partial charge is 0.330 e. The molecule has 0 radical (unpaired) electrons. The van der Waals surface area contributed by atoms with Gasteiger partial charge in [-0.3, -0.25) is 0 Å². The average Bonchev–Trinajstić information content (AvgIpc) is 2.77. The minimum Gasteiger partial charge on any atom is -0.330 e. The molecule has 19 heavy (non-hydrogen) atoms. The number of thiophene rings is 1. The van der Waals surface area contributed by atoms with Crippen molar-refractivity contribution in [1.29, 1.82) is 0 Å². The first-order valence-corrected chi connectivity index (χ1v) is 8.56. The van der Waals surface area contributed by atoms with Crippen LogP contribution in [0.5, 0.6) is 0 Å². The highest BCUT2D eigenvalue weighted by Gasteiger charge is 2.30. The van der Waals surface area contributed by atoms with Crippen molar-refractivity contribution >= 4 is 33.8 Å². The molecule has 110 valence electrons. The van der Waals surface area contributed by atoms with E-state index in [0.717, 1.165) is 24.1 Å². The number of nitrogens with zero attached hydrogens (tertiary/aromatic N) is 1. The highest BCUT2D eigenvalue weighted by Crippen LogP contribution is 2.28. The molecule has 1 atom stereocenters. The second kappa shape index (κ2) is 7.04. The average molecular weight is 325 g/mol. The molecule has 2 rings (SSSR count). The molecule has 0 saturated carbocycles. The van der Waals surface area contributed by atoms with Crippen LogP contribution in [-0.4, -0.2) is 32.4 Å². The molecule has 2 heterocycles. The van der Waals surface area contributed by atoms with Crippen LogP contribution >= 0.6 is 23.7 Å². The van der Waals surface area contributed by atoms with Gasteiger partial charge in [-0.15, -0.1) is 23.7 Å². The van der Waals surface area contributed by atoms with Gasteiger partial charge >= 0.3 is 0 Å². The van der Waals surface area contributed by atoms with Gasteiger partial charge in [-0.1, -0.05) is 0 Å². The highest BCUT2D eigenvalue weighted by atomic mass is 35.5. The first-order chi connectivity index (χ1) is 8.54. The van der Waals surface area contributed by atoms with E-state index in [0.29, 0.717) is 29.8 Å². The zero-order chi connectivity index (χ0) is 13.2. The lowest BCUT2D eigenvalue weighted by Crippen LogP contribution is -2.40. The van der Waals surface area contributed by atoms with Crippen LogP contribution in [0.2, 0.25) is 0 Å². The van der Waals surface area contributed by atoms with Crippen LogP contribution in [0.4, 0.5) is 0 Å². The summed E-state index contributed by atoms with van der Waals surface area (Å²) in [6.07, 6.45) is 2.94. The fourth-order valence-corrected chi connectivity index (χ4v) is 5.39. The molecule has 4 nitrogen and oxygen atoms in total. The predicted octanol–water partition coefficient (Wildman–Crippen LogP) is 2.23. The molecule has 2 N–H and O–H groups in total. The first-order valence-electron chi connectivity index (χ1n) is 6.30. The van der Waals surface area contributed by atoms with Crippen molar-refractivity contribution in [2.45, 2.75) is 30.4 Å². The summed E-state index contributed by atoms with van der Waals surface area (Å²) in [5.74, 6) is 0.416. The van der Waals surface area contributed by atoms with Crippen molar-refractivity contribution < 1.29 is 8.42 Å². The van der Waals surface area contributed by atoms with Gasteiger partial charge in [0.2, 0.25) is 0 Å². The van der Waals surface area contributed by atoms with Crippen LogP contribution in [0.25, 0.3) is 0 Å². The SMILES string of the molecule is Cc1ccc(S(=O)(=O)N2CCCC(CCN)C2)s1.Cl. The van der Waals surface area contributed by atoms with E-state index in [9.17, 15) is 8.42 Å². The molecule has 7 heteroatoms. The van der Waals surface area contributed by atoms with Gasteiger partial charge < -0.3 is 5.73 Å². The summed E-state index contributed by atoms with van der Waals surface area (Å²) < 4.78 is 27.0. The van der Waals surface area contributed by atoms with Gasteiger partial charge in [-0.25, -0.2) is 8.42 Å². The predicted molar refractivity (Wildman–Crippen MR) is 81.5 cm³/mol. The summed E-state index contributed by atoms with van der Waals surface area (Å²) in [6.45, 7) is 3.82. The Hall–Kier alpha value is -0.140. The first kappa shape index (κ1) is 16.9. The Labute approximate surface area is 125 Å². The summed E-state index contributed by atoms with van der Waals surface area (Å²) in [4.78, 5) is 1.03. The lowest BCUT2D eigenvalue weighted by Gasteiger charge is -2.31. The summed E-state index contributed by atoms with van der Waals surface area (Å²) in [5.41, 5.74) is 5.56. The number of halogens is 1. The zero-order valence-electron chi connectivity index (χ0n) is 11.0. The van der Waals surface area contributed by atoms with Gasteiger partial charge in [0.1, 0.15) is 4.21 Å². The standard InChI is InChI=1S/C12H20N2O2S2.ClH/c1-10-4-5-12(17-10)18(15,16)14-8-2-3-11(9-14)6-7-13;/h4-5,11H,2-3,6-9,13H2,1H3;1H. The molecule has 1 aliphatic rings. The quantitative estimate of drug-likeness (QED) is 0.923. The maximum absolute atomic E-state index is 12.5. The van der Waals surface area contributed by atoms with E-state index in [1.807, 2.05) is 13.0 Å². The molecular weight excluding hydrogens is 304 g/mol. The third-order valence-electron chi connectivity index (χ3n) is 3.37. The molecule has 1 saturated heterocycles. The number of piperidine rings is 1. The Morgan fingerprint density at radius 3 is 2.79 bits per heavy atom. The summed E-state index contributed by atoms with van der Waals surface area (Å²) in [6, 6.07) is 3.57. The van der Waals surface area contributed by atoms with Crippen LogP contribution < -0.4 is 5.73 Å². The molecule has 0 bridgehead atoms. The van der Waals surface area contributed by atoms with Gasteiger partial charge in [0.15, 0.2) is 0 Å². The molecule has 1 aliphatic heterocycles. The molecule has 0 amide bonds. The van der Waals surface area contributed by atoms with Gasteiger partial charge in [0.05, 0.1) is 0 Å². The second-order valence-corrected chi connectivity index (χ2v) is 8.27. The van der Waals surface area contributed by atoms with Crippen LogP contribution in [0.1, 0.15) is 24.1 Å². The number of rotatable bonds is 4. The maximum atomic E-state index is 12.5. The van der Waals surface area contributed by atoms with Crippen LogP contribution in [0.15, 0.2) is 16.3 Å². The molecule has 1 unspecified atom stereocenters. The smallest absolute Gasteiger partial charge is 0.252 e. The fourth-order valence-electron chi connectivity index (χ4n) is 2.39. The normalized spacial score (nSPS) is 21.1. The fraction of sp³-hybridized carbons (Fsp3) is 0.667. The lowest BCUT2D eigenvalue weighted by atomic mass is 9.96. The van der Waals surface area contributed by atoms with Crippen molar-refractivity contribution in [2.24, 2.45) is 11.7 Å². The Morgan fingerprint density at radius 2 is 2.21 bits per heavy atom. The number of hydrogen-bond acceptors (Lipinski definition) is 4. The topological polar surface area (TPSA) is 63.4 Å². The molecule has 1 aromatic rings. The zero-order valence-corrected chi connectivity index (χ0v) is 13.5. The molecular formula is C12H21ClN2O2S2. The third-order valence-corrected chi connectivity index (χ3v) is 6.70. The lowest BCUT2D eigenvalue weighted by molar-refractivity contribution is 0.258. The minimum atomic E-state index is -3.28. The van der Waals surface area contributed by atoms with Crippen molar-refractivity contribution in [3.05, 3.63) is 17.0 Å². The molecule has 0 aliphatic carbocycles. The van der Waals surface area contributed by atoms with E-state index in [1.54, 1.807) is 10.4 Å². The van der Waals surface area contributed by atoms with Gasteiger partial charge in [-0.05, 0) is 50.8 Å².